The van der Waals surface area contributed by atoms with E-state index in [0.717, 1.165) is 49.6 Å². The number of rotatable bonds is 14. The fourth-order valence-electron chi connectivity index (χ4n) is 3.95. The first-order valence-electron chi connectivity index (χ1n) is 11.4. The topological polar surface area (TPSA) is 82.1 Å². The van der Waals surface area contributed by atoms with Crippen molar-refractivity contribution >= 4 is 18.5 Å². The van der Waals surface area contributed by atoms with Crippen LogP contribution < -0.4 is 9.47 Å². The third-order valence-electron chi connectivity index (χ3n) is 6.15. The Balaban J connectivity index is 2.04. The Bertz CT molecular complexity index is 989. The molecule has 184 valence electrons. The number of ether oxygens (including phenoxy) is 3. The van der Waals surface area contributed by atoms with E-state index in [9.17, 15) is 14.4 Å². The highest BCUT2D eigenvalue weighted by Crippen LogP contribution is 2.34. The van der Waals surface area contributed by atoms with E-state index in [1.807, 2.05) is 26.1 Å². The first-order chi connectivity index (χ1) is 16.3. The molecule has 1 unspecified atom stereocenters. The minimum atomic E-state index is -0.858. The second-order valence-electron chi connectivity index (χ2n) is 8.48. The number of benzene rings is 2. The molecule has 0 aliphatic rings. The van der Waals surface area contributed by atoms with E-state index in [-0.39, 0.29) is 5.97 Å². The quantitative estimate of drug-likeness (QED) is 0.304. The van der Waals surface area contributed by atoms with Crippen molar-refractivity contribution in [3.05, 3.63) is 58.7 Å². The lowest BCUT2D eigenvalue weighted by molar-refractivity contribution is -0.149. The van der Waals surface area contributed by atoms with Crippen LogP contribution in [0.4, 0.5) is 0 Å². The van der Waals surface area contributed by atoms with Crippen molar-refractivity contribution in [2.24, 2.45) is 0 Å². The van der Waals surface area contributed by atoms with Gasteiger partial charge in [0, 0.05) is 6.54 Å². The molecule has 2 aromatic rings. The third-order valence-corrected chi connectivity index (χ3v) is 6.15. The number of carbonyl (C=O) groups excluding carboxylic acids is 3. The molecule has 1 atom stereocenters. The van der Waals surface area contributed by atoms with Gasteiger partial charge in [-0.3, -0.25) is 14.4 Å². The maximum atomic E-state index is 12.9. The predicted octanol–water partition coefficient (Wildman–Crippen LogP) is 4.10. The Morgan fingerprint density at radius 1 is 0.971 bits per heavy atom. The Hall–Kier alpha value is -3.19. The summed E-state index contributed by atoms with van der Waals surface area (Å²) in [4.78, 5) is 37.5. The Morgan fingerprint density at radius 2 is 1.59 bits per heavy atom. The van der Waals surface area contributed by atoms with E-state index in [2.05, 4.69) is 4.90 Å². The summed E-state index contributed by atoms with van der Waals surface area (Å²) in [6.45, 7) is 5.58. The van der Waals surface area contributed by atoms with Gasteiger partial charge in [-0.05, 0) is 82.1 Å². The van der Waals surface area contributed by atoms with E-state index in [1.165, 1.54) is 7.11 Å². The largest absolute Gasteiger partial charge is 0.496 e. The maximum absolute atomic E-state index is 12.9. The predicted molar refractivity (Wildman–Crippen MR) is 131 cm³/mol. The van der Waals surface area contributed by atoms with Crippen LogP contribution in [0.2, 0.25) is 0 Å². The van der Waals surface area contributed by atoms with Crippen LogP contribution in [0, 0.1) is 0 Å². The van der Waals surface area contributed by atoms with E-state index >= 15 is 0 Å². The maximum Gasteiger partial charge on any atom is 0.316 e. The van der Waals surface area contributed by atoms with Gasteiger partial charge in [0.05, 0.1) is 37.4 Å². The van der Waals surface area contributed by atoms with Gasteiger partial charge in [-0.1, -0.05) is 12.1 Å². The van der Waals surface area contributed by atoms with E-state index in [4.69, 9.17) is 14.2 Å². The molecule has 0 aliphatic heterocycles. The SMILES string of the molecule is CCOC(=O)C(C)(CCCN(C)CCc1ccc(C=O)c(OC)c1)c1ccc(C=O)c(OC)c1. The van der Waals surface area contributed by atoms with Crippen molar-refractivity contribution < 1.29 is 28.6 Å². The van der Waals surface area contributed by atoms with Crippen molar-refractivity contribution in [3.8, 4) is 11.5 Å². The molecule has 0 radical (unpaired) electrons. The molecule has 0 saturated carbocycles. The lowest BCUT2D eigenvalue weighted by atomic mass is 9.78. The van der Waals surface area contributed by atoms with Crippen molar-refractivity contribution in [2.75, 3.05) is 41.0 Å². The van der Waals surface area contributed by atoms with Crippen LogP contribution in [0.25, 0.3) is 0 Å². The number of hydrogen-bond donors (Lipinski definition) is 0. The summed E-state index contributed by atoms with van der Waals surface area (Å²) in [7, 11) is 5.10. The lowest BCUT2D eigenvalue weighted by Gasteiger charge is -2.29. The Labute approximate surface area is 202 Å². The number of esters is 1. The first-order valence-corrected chi connectivity index (χ1v) is 11.4. The summed E-state index contributed by atoms with van der Waals surface area (Å²) in [5.41, 5.74) is 1.97. The van der Waals surface area contributed by atoms with Crippen LogP contribution in [0.3, 0.4) is 0 Å². The van der Waals surface area contributed by atoms with E-state index in [0.29, 0.717) is 35.7 Å². The van der Waals surface area contributed by atoms with Gasteiger partial charge < -0.3 is 19.1 Å². The van der Waals surface area contributed by atoms with Crippen molar-refractivity contribution in [3.63, 3.8) is 0 Å². The summed E-state index contributed by atoms with van der Waals surface area (Å²) in [5.74, 6) is 0.730. The number of aldehydes is 2. The number of likely N-dealkylation sites (N-methyl/N-ethyl adjacent to an activating group) is 1. The highest BCUT2D eigenvalue weighted by atomic mass is 16.5. The molecular formula is C27H35NO6. The molecule has 0 amide bonds. The second kappa shape index (κ2) is 12.9. The van der Waals surface area contributed by atoms with Crippen LogP contribution in [0.15, 0.2) is 36.4 Å². The average Bonchev–Trinajstić information content (AvgIpc) is 2.86. The van der Waals surface area contributed by atoms with Gasteiger partial charge in [0.2, 0.25) is 0 Å². The molecular weight excluding hydrogens is 434 g/mol. The summed E-state index contributed by atoms with van der Waals surface area (Å²) in [6.07, 6.45) is 3.70. The van der Waals surface area contributed by atoms with Gasteiger partial charge in [-0.15, -0.1) is 0 Å². The molecule has 0 spiro atoms. The highest BCUT2D eigenvalue weighted by molar-refractivity contribution is 5.85. The average molecular weight is 470 g/mol. The normalized spacial score (nSPS) is 12.6. The minimum Gasteiger partial charge on any atom is -0.496 e. The van der Waals surface area contributed by atoms with Gasteiger partial charge in [0.1, 0.15) is 11.5 Å². The lowest BCUT2D eigenvalue weighted by Crippen LogP contribution is -2.36. The second-order valence-corrected chi connectivity index (χ2v) is 8.48. The van der Waals surface area contributed by atoms with E-state index < -0.39 is 5.41 Å². The van der Waals surface area contributed by atoms with Gasteiger partial charge >= 0.3 is 5.97 Å². The van der Waals surface area contributed by atoms with Crippen LogP contribution in [0.5, 0.6) is 11.5 Å². The van der Waals surface area contributed by atoms with Gasteiger partial charge in [-0.2, -0.15) is 0 Å². The molecule has 34 heavy (non-hydrogen) atoms. The summed E-state index contributed by atoms with van der Waals surface area (Å²) in [6, 6.07) is 10.8. The summed E-state index contributed by atoms with van der Waals surface area (Å²) >= 11 is 0. The Morgan fingerprint density at radius 3 is 2.18 bits per heavy atom. The molecule has 0 aromatic heterocycles. The monoisotopic (exact) mass is 469 g/mol. The molecule has 0 N–H and O–H groups in total. The first kappa shape index (κ1) is 27.1. The molecule has 2 aromatic carbocycles. The number of carbonyl (C=O) groups is 3. The van der Waals surface area contributed by atoms with Crippen LogP contribution in [0.1, 0.15) is 58.5 Å². The highest BCUT2D eigenvalue weighted by Gasteiger charge is 2.37. The molecule has 0 heterocycles. The minimum absolute atomic E-state index is 0.291. The van der Waals surface area contributed by atoms with Crippen molar-refractivity contribution in [1.29, 1.82) is 0 Å². The molecule has 0 bridgehead atoms. The summed E-state index contributed by atoms with van der Waals surface area (Å²) in [5, 5.41) is 0. The van der Waals surface area contributed by atoms with Crippen LogP contribution in [-0.2, 0) is 21.4 Å². The zero-order valence-corrected chi connectivity index (χ0v) is 20.8. The van der Waals surface area contributed by atoms with Gasteiger partial charge in [-0.25, -0.2) is 0 Å². The van der Waals surface area contributed by atoms with Crippen LogP contribution in [-0.4, -0.2) is 64.4 Å². The van der Waals surface area contributed by atoms with Gasteiger partial charge in [0.15, 0.2) is 12.6 Å². The van der Waals surface area contributed by atoms with Crippen LogP contribution >= 0.6 is 0 Å². The molecule has 0 aliphatic carbocycles. The van der Waals surface area contributed by atoms with E-state index in [1.54, 1.807) is 38.3 Å². The molecule has 7 heteroatoms. The summed E-state index contributed by atoms with van der Waals surface area (Å²) < 4.78 is 16.0. The number of hydrogen-bond acceptors (Lipinski definition) is 7. The fraction of sp³-hybridized carbons (Fsp3) is 0.444. The number of methoxy groups -OCH3 is 2. The van der Waals surface area contributed by atoms with Crippen molar-refractivity contribution in [2.45, 2.75) is 38.5 Å². The molecule has 2 rings (SSSR count). The van der Waals surface area contributed by atoms with Crippen molar-refractivity contribution in [1.82, 2.24) is 4.90 Å². The smallest absolute Gasteiger partial charge is 0.316 e. The Kier molecular flexibility index (Phi) is 10.3. The fourth-order valence-corrected chi connectivity index (χ4v) is 3.95. The standard InChI is InChI=1S/C27H35NO6/c1-6-34-26(31)27(2,23-11-10-22(19-30)25(17-23)33-5)13-7-14-28(3)15-12-20-8-9-21(18-29)24(16-20)32-4/h8-11,16-19H,6-7,12-15H2,1-5H3. The third kappa shape index (κ3) is 6.67. The molecule has 0 saturated heterocycles. The molecule has 7 nitrogen and oxygen atoms in total. The zero-order valence-electron chi connectivity index (χ0n) is 20.8. The number of nitrogens with zero attached hydrogens (tertiary/aromatic N) is 1. The molecule has 0 fully saturated rings. The zero-order chi connectivity index (χ0) is 25.1. The van der Waals surface area contributed by atoms with Gasteiger partial charge in [0.25, 0.3) is 0 Å².